The van der Waals surface area contributed by atoms with Crippen molar-refractivity contribution < 1.29 is 47.2 Å². The van der Waals surface area contributed by atoms with Gasteiger partial charge in [-0.05, 0) is 18.2 Å². The van der Waals surface area contributed by atoms with E-state index in [1.54, 1.807) is 0 Å². The van der Waals surface area contributed by atoms with Gasteiger partial charge < -0.3 is 37.6 Å². The summed E-state index contributed by atoms with van der Waals surface area (Å²) in [6.45, 7) is 2.39. The van der Waals surface area contributed by atoms with Crippen LogP contribution in [0.4, 0.5) is 0 Å². The molecule has 2 aromatic carbocycles. The molecular formula is C24H24O11. The number of hydrogen-bond donors (Lipinski definition) is 0. The third-order valence-electron chi connectivity index (χ3n) is 4.86. The Labute approximate surface area is 200 Å². The van der Waals surface area contributed by atoms with Crippen LogP contribution < -0.4 is 38.6 Å². The molecule has 35 heavy (non-hydrogen) atoms. The van der Waals surface area contributed by atoms with Crippen molar-refractivity contribution in [3.8, 4) is 51.6 Å². The lowest BCUT2D eigenvalue weighted by Crippen LogP contribution is -2.15. The molecule has 3 rings (SSSR count). The van der Waals surface area contributed by atoms with E-state index >= 15 is 0 Å². The summed E-state index contributed by atoms with van der Waals surface area (Å²) in [5.74, 6) is -1.25. The Morgan fingerprint density at radius 2 is 1.26 bits per heavy atom. The number of ether oxygens (including phenoxy) is 7. The predicted molar refractivity (Wildman–Crippen MR) is 123 cm³/mol. The molecule has 0 N–H and O–H groups in total. The second-order valence-corrected chi connectivity index (χ2v) is 6.98. The van der Waals surface area contributed by atoms with Crippen molar-refractivity contribution in [1.29, 1.82) is 0 Å². The molecule has 0 atom stereocenters. The van der Waals surface area contributed by atoms with Crippen LogP contribution in [0.5, 0.6) is 40.2 Å². The smallest absolute Gasteiger partial charge is 0.308 e. The van der Waals surface area contributed by atoms with E-state index in [-0.39, 0.29) is 56.8 Å². The molecule has 0 bridgehead atoms. The molecule has 3 aromatic rings. The molecule has 0 saturated heterocycles. The van der Waals surface area contributed by atoms with Crippen molar-refractivity contribution in [3.63, 3.8) is 0 Å². The molecule has 0 spiro atoms. The Morgan fingerprint density at radius 1 is 0.686 bits per heavy atom. The summed E-state index contributed by atoms with van der Waals surface area (Å²) < 4.78 is 43.6. The van der Waals surface area contributed by atoms with Gasteiger partial charge in [-0.2, -0.15) is 0 Å². The molecule has 0 saturated carbocycles. The minimum atomic E-state index is -0.757. The highest BCUT2D eigenvalue weighted by atomic mass is 16.6. The van der Waals surface area contributed by atoms with Crippen molar-refractivity contribution in [3.05, 3.63) is 28.4 Å². The van der Waals surface area contributed by atoms with Gasteiger partial charge in [0, 0.05) is 19.4 Å². The van der Waals surface area contributed by atoms with E-state index in [4.69, 9.17) is 37.6 Å². The molecule has 0 aliphatic heterocycles. The minimum absolute atomic E-state index is 0.00311. The Bertz CT molecular complexity index is 1350. The number of fused-ring (bicyclic) bond motifs is 1. The second kappa shape index (κ2) is 10.2. The maximum absolute atomic E-state index is 13.7. The normalized spacial score (nSPS) is 10.5. The molecule has 186 valence electrons. The SMILES string of the molecule is COc1cc(-c2oc3c(OC)c(OC)c(OC)c(OC)c3c(=O)c2OC(C)=O)ccc1OC(C)=O. The molecule has 0 unspecified atom stereocenters. The molecule has 0 aliphatic rings. The molecule has 0 aliphatic carbocycles. The van der Waals surface area contributed by atoms with Gasteiger partial charge in [0.25, 0.3) is 0 Å². The van der Waals surface area contributed by atoms with Gasteiger partial charge >= 0.3 is 11.9 Å². The van der Waals surface area contributed by atoms with Crippen LogP contribution in [0.3, 0.4) is 0 Å². The van der Waals surface area contributed by atoms with Gasteiger partial charge in [-0.1, -0.05) is 0 Å². The number of esters is 2. The van der Waals surface area contributed by atoms with E-state index in [1.807, 2.05) is 0 Å². The van der Waals surface area contributed by atoms with Gasteiger partial charge in [0.05, 0.1) is 35.5 Å². The van der Waals surface area contributed by atoms with Gasteiger partial charge in [0.15, 0.2) is 28.6 Å². The van der Waals surface area contributed by atoms with Gasteiger partial charge in [-0.3, -0.25) is 14.4 Å². The summed E-state index contributed by atoms with van der Waals surface area (Å²) in [5.41, 5.74) is -0.486. The average Bonchev–Trinajstić information content (AvgIpc) is 2.83. The molecule has 1 heterocycles. The topological polar surface area (TPSA) is 129 Å². The fourth-order valence-electron chi connectivity index (χ4n) is 3.53. The third kappa shape index (κ3) is 4.52. The summed E-state index contributed by atoms with van der Waals surface area (Å²) in [7, 11) is 6.82. The van der Waals surface area contributed by atoms with E-state index in [1.165, 1.54) is 60.7 Å². The van der Waals surface area contributed by atoms with Crippen LogP contribution >= 0.6 is 0 Å². The zero-order valence-electron chi connectivity index (χ0n) is 20.2. The Balaban J connectivity index is 2.49. The lowest BCUT2D eigenvalue weighted by molar-refractivity contribution is -0.132. The number of carbonyl (C=O) groups is 2. The van der Waals surface area contributed by atoms with Crippen LogP contribution in [0.25, 0.3) is 22.3 Å². The minimum Gasteiger partial charge on any atom is -0.493 e. The first-order chi connectivity index (χ1) is 16.7. The van der Waals surface area contributed by atoms with E-state index in [0.29, 0.717) is 0 Å². The summed E-state index contributed by atoms with van der Waals surface area (Å²) >= 11 is 0. The third-order valence-corrected chi connectivity index (χ3v) is 4.86. The highest BCUT2D eigenvalue weighted by Crippen LogP contribution is 2.51. The highest BCUT2D eigenvalue weighted by Gasteiger charge is 2.31. The zero-order chi connectivity index (χ0) is 25.9. The number of hydrogen-bond acceptors (Lipinski definition) is 11. The van der Waals surface area contributed by atoms with Gasteiger partial charge in [0.2, 0.25) is 28.4 Å². The van der Waals surface area contributed by atoms with Crippen molar-refractivity contribution in [2.75, 3.05) is 35.5 Å². The largest absolute Gasteiger partial charge is 0.493 e. The zero-order valence-corrected chi connectivity index (χ0v) is 20.2. The number of carbonyl (C=O) groups excluding carboxylic acids is 2. The van der Waals surface area contributed by atoms with Gasteiger partial charge in [0.1, 0.15) is 5.39 Å². The van der Waals surface area contributed by atoms with Crippen molar-refractivity contribution in [2.45, 2.75) is 13.8 Å². The van der Waals surface area contributed by atoms with Crippen LogP contribution in [0.15, 0.2) is 27.4 Å². The summed E-state index contributed by atoms with van der Waals surface area (Å²) in [6.07, 6.45) is 0. The summed E-state index contributed by atoms with van der Waals surface area (Å²) in [4.78, 5) is 37.0. The van der Waals surface area contributed by atoms with E-state index < -0.39 is 23.1 Å². The van der Waals surface area contributed by atoms with Crippen LogP contribution in [0.1, 0.15) is 13.8 Å². The van der Waals surface area contributed by atoms with Crippen molar-refractivity contribution in [1.82, 2.24) is 0 Å². The molecule has 0 radical (unpaired) electrons. The first-order valence-corrected chi connectivity index (χ1v) is 10.1. The van der Waals surface area contributed by atoms with E-state index in [0.717, 1.165) is 6.92 Å². The standard InChI is InChI=1S/C24H24O11/c1-11(25)33-14-9-8-13(10-15(14)28-3)18-21(34-12(2)26)17(27)16-19(29-4)22(30-5)24(32-7)23(31-6)20(16)35-18/h8-10H,1-7H3. The quantitative estimate of drug-likeness (QED) is 0.342. The maximum atomic E-state index is 13.7. The van der Waals surface area contributed by atoms with E-state index in [2.05, 4.69) is 0 Å². The Kier molecular flexibility index (Phi) is 7.38. The fraction of sp³-hybridized carbons (Fsp3) is 0.292. The number of methoxy groups -OCH3 is 5. The molecule has 1 aromatic heterocycles. The van der Waals surface area contributed by atoms with Crippen LogP contribution in [0.2, 0.25) is 0 Å². The molecule has 0 fully saturated rings. The lowest BCUT2D eigenvalue weighted by atomic mass is 10.1. The Morgan fingerprint density at radius 3 is 1.77 bits per heavy atom. The monoisotopic (exact) mass is 488 g/mol. The van der Waals surface area contributed by atoms with E-state index in [9.17, 15) is 14.4 Å². The molecule has 11 heteroatoms. The Hall–Kier alpha value is -4.41. The summed E-state index contributed by atoms with van der Waals surface area (Å²) in [6, 6.07) is 4.41. The number of benzene rings is 2. The van der Waals surface area contributed by atoms with Crippen molar-refractivity contribution in [2.24, 2.45) is 0 Å². The predicted octanol–water partition coefficient (Wildman–Crippen LogP) is 3.35. The maximum Gasteiger partial charge on any atom is 0.308 e. The van der Waals surface area contributed by atoms with Gasteiger partial charge in [-0.25, -0.2) is 0 Å². The molecular weight excluding hydrogens is 464 g/mol. The second-order valence-electron chi connectivity index (χ2n) is 6.98. The number of rotatable bonds is 8. The summed E-state index contributed by atoms with van der Waals surface area (Å²) in [5, 5.41) is -0.0921. The first kappa shape index (κ1) is 25.2. The van der Waals surface area contributed by atoms with Crippen LogP contribution in [-0.4, -0.2) is 47.5 Å². The highest BCUT2D eigenvalue weighted by molar-refractivity contribution is 5.97. The lowest BCUT2D eigenvalue weighted by Gasteiger charge is -2.19. The molecule has 0 amide bonds. The average molecular weight is 488 g/mol. The molecule has 11 nitrogen and oxygen atoms in total. The van der Waals surface area contributed by atoms with Crippen LogP contribution in [0, 0.1) is 0 Å². The first-order valence-electron chi connectivity index (χ1n) is 10.1. The van der Waals surface area contributed by atoms with Gasteiger partial charge in [-0.15, -0.1) is 0 Å². The van der Waals surface area contributed by atoms with Crippen LogP contribution in [-0.2, 0) is 9.59 Å². The fourth-order valence-corrected chi connectivity index (χ4v) is 3.53. The van der Waals surface area contributed by atoms with Crippen molar-refractivity contribution >= 4 is 22.9 Å².